The van der Waals surface area contributed by atoms with E-state index >= 15 is 0 Å². The molecule has 0 amide bonds. The molecule has 2 aromatic rings. The van der Waals surface area contributed by atoms with Crippen molar-refractivity contribution in [3.63, 3.8) is 0 Å². The molecule has 0 saturated carbocycles. The van der Waals surface area contributed by atoms with Crippen LogP contribution < -0.4 is 0 Å². The SMILES string of the molecule is CN(C)C=CC(=O)c1cc2cnccc2s1. The highest BCUT2D eigenvalue weighted by atomic mass is 32.1. The van der Waals surface area contributed by atoms with E-state index in [4.69, 9.17) is 0 Å². The molecule has 2 aromatic heterocycles. The molecular weight excluding hydrogens is 220 g/mol. The van der Waals surface area contributed by atoms with Gasteiger partial charge < -0.3 is 4.90 Å². The number of carbonyl (C=O) groups excluding carboxylic acids is 1. The van der Waals surface area contributed by atoms with Crippen molar-refractivity contribution in [3.8, 4) is 0 Å². The van der Waals surface area contributed by atoms with E-state index in [2.05, 4.69) is 4.98 Å². The molecule has 2 heterocycles. The number of pyridine rings is 1. The predicted octanol–water partition coefficient (Wildman–Crippen LogP) is 2.55. The summed E-state index contributed by atoms with van der Waals surface area (Å²) in [5, 5.41) is 1.02. The Morgan fingerprint density at radius 1 is 1.50 bits per heavy atom. The number of thiophene rings is 1. The molecule has 0 bridgehead atoms. The van der Waals surface area contributed by atoms with Crippen LogP contribution in [0.4, 0.5) is 0 Å². The smallest absolute Gasteiger partial charge is 0.197 e. The van der Waals surface area contributed by atoms with Crippen LogP contribution in [-0.2, 0) is 0 Å². The molecule has 16 heavy (non-hydrogen) atoms. The zero-order chi connectivity index (χ0) is 11.5. The highest BCUT2D eigenvalue weighted by Gasteiger charge is 2.07. The molecular formula is C12H12N2OS. The van der Waals surface area contributed by atoms with Gasteiger partial charge in [0.05, 0.1) is 4.88 Å². The molecule has 0 aliphatic carbocycles. The summed E-state index contributed by atoms with van der Waals surface area (Å²) in [6.45, 7) is 0. The molecule has 0 spiro atoms. The number of nitrogens with zero attached hydrogens (tertiary/aromatic N) is 2. The van der Waals surface area contributed by atoms with Gasteiger partial charge in [0.15, 0.2) is 5.78 Å². The van der Waals surface area contributed by atoms with Crippen LogP contribution in [0.15, 0.2) is 36.8 Å². The summed E-state index contributed by atoms with van der Waals surface area (Å²) in [4.78, 5) is 18.4. The largest absolute Gasteiger partial charge is 0.383 e. The molecule has 0 saturated heterocycles. The van der Waals surface area contributed by atoms with Crippen molar-refractivity contribution < 1.29 is 4.79 Å². The molecule has 2 rings (SSSR count). The number of rotatable bonds is 3. The summed E-state index contributed by atoms with van der Waals surface area (Å²) in [5.41, 5.74) is 0. The van der Waals surface area contributed by atoms with Crippen molar-refractivity contribution in [1.29, 1.82) is 0 Å². The molecule has 4 heteroatoms. The molecule has 0 aliphatic heterocycles. The van der Waals surface area contributed by atoms with Gasteiger partial charge in [0.2, 0.25) is 0 Å². The average Bonchev–Trinajstić information content (AvgIpc) is 2.69. The van der Waals surface area contributed by atoms with E-state index in [1.54, 1.807) is 24.7 Å². The quantitative estimate of drug-likeness (QED) is 0.602. The molecule has 0 aliphatic rings. The van der Waals surface area contributed by atoms with Crippen molar-refractivity contribution in [2.24, 2.45) is 0 Å². The van der Waals surface area contributed by atoms with Crippen molar-refractivity contribution >= 4 is 27.2 Å². The Balaban J connectivity index is 2.30. The average molecular weight is 232 g/mol. The van der Waals surface area contributed by atoms with Gasteiger partial charge in [-0.2, -0.15) is 0 Å². The second-order valence-corrected chi connectivity index (χ2v) is 4.75. The normalized spacial score (nSPS) is 11.1. The fourth-order valence-electron chi connectivity index (χ4n) is 1.30. The van der Waals surface area contributed by atoms with Crippen LogP contribution >= 0.6 is 11.3 Å². The van der Waals surface area contributed by atoms with E-state index in [1.807, 2.05) is 31.1 Å². The lowest BCUT2D eigenvalue weighted by atomic mass is 10.2. The highest BCUT2D eigenvalue weighted by Crippen LogP contribution is 2.24. The maximum absolute atomic E-state index is 11.8. The molecule has 0 N–H and O–H groups in total. The third-order valence-corrected chi connectivity index (χ3v) is 3.21. The fraction of sp³-hybridized carbons (Fsp3) is 0.167. The second-order valence-electron chi connectivity index (χ2n) is 3.67. The van der Waals surface area contributed by atoms with E-state index in [1.165, 1.54) is 11.3 Å². The molecule has 0 aromatic carbocycles. The molecule has 0 unspecified atom stereocenters. The third kappa shape index (κ3) is 2.28. The number of hydrogen-bond acceptors (Lipinski definition) is 4. The number of carbonyl (C=O) groups is 1. The Bertz CT molecular complexity index is 510. The first kappa shape index (κ1) is 10.8. The van der Waals surface area contributed by atoms with Crippen molar-refractivity contribution in [2.75, 3.05) is 14.1 Å². The third-order valence-electron chi connectivity index (χ3n) is 2.08. The second kappa shape index (κ2) is 4.45. The molecule has 0 atom stereocenters. The zero-order valence-corrected chi connectivity index (χ0v) is 9.99. The predicted molar refractivity (Wildman–Crippen MR) is 66.8 cm³/mol. The molecule has 0 radical (unpaired) electrons. The van der Waals surface area contributed by atoms with E-state index in [0.717, 1.165) is 15.0 Å². The van der Waals surface area contributed by atoms with Crippen molar-refractivity contribution in [3.05, 3.63) is 41.7 Å². The van der Waals surface area contributed by atoms with Gasteiger partial charge in [-0.3, -0.25) is 9.78 Å². The van der Waals surface area contributed by atoms with E-state index in [-0.39, 0.29) is 5.78 Å². The zero-order valence-electron chi connectivity index (χ0n) is 9.18. The van der Waals surface area contributed by atoms with Crippen molar-refractivity contribution in [2.45, 2.75) is 0 Å². The summed E-state index contributed by atoms with van der Waals surface area (Å²) in [6.07, 6.45) is 6.85. The van der Waals surface area contributed by atoms with Crippen LogP contribution in [0.1, 0.15) is 9.67 Å². The minimum Gasteiger partial charge on any atom is -0.383 e. The van der Waals surface area contributed by atoms with Gasteiger partial charge in [0, 0.05) is 48.9 Å². The first-order valence-electron chi connectivity index (χ1n) is 4.89. The van der Waals surface area contributed by atoms with Gasteiger partial charge in [0.1, 0.15) is 0 Å². The maximum atomic E-state index is 11.8. The van der Waals surface area contributed by atoms with E-state index in [9.17, 15) is 4.79 Å². The van der Waals surface area contributed by atoms with Crippen molar-refractivity contribution in [1.82, 2.24) is 9.88 Å². The van der Waals surface area contributed by atoms with E-state index < -0.39 is 0 Å². The van der Waals surface area contributed by atoms with Crippen LogP contribution in [0.5, 0.6) is 0 Å². The summed E-state index contributed by atoms with van der Waals surface area (Å²) in [6, 6.07) is 3.81. The Morgan fingerprint density at radius 2 is 2.31 bits per heavy atom. The van der Waals surface area contributed by atoms with Gasteiger partial charge >= 0.3 is 0 Å². The van der Waals surface area contributed by atoms with Crippen LogP contribution in [0, 0.1) is 0 Å². The summed E-state index contributed by atoms with van der Waals surface area (Å²) < 4.78 is 1.09. The first-order chi connectivity index (χ1) is 7.66. The lowest BCUT2D eigenvalue weighted by Gasteiger charge is -2.01. The lowest BCUT2D eigenvalue weighted by Crippen LogP contribution is -2.02. The molecule has 0 fully saturated rings. The van der Waals surface area contributed by atoms with Gasteiger partial charge in [-0.1, -0.05) is 0 Å². The van der Waals surface area contributed by atoms with E-state index in [0.29, 0.717) is 0 Å². The van der Waals surface area contributed by atoms with Gasteiger partial charge in [-0.05, 0) is 12.1 Å². The number of hydrogen-bond donors (Lipinski definition) is 0. The Hall–Kier alpha value is -1.68. The summed E-state index contributed by atoms with van der Waals surface area (Å²) in [7, 11) is 3.78. The van der Waals surface area contributed by atoms with Crippen LogP contribution in [-0.4, -0.2) is 29.8 Å². The Labute approximate surface area is 98.0 Å². The first-order valence-corrected chi connectivity index (χ1v) is 5.71. The minimum absolute atomic E-state index is 0.0369. The summed E-state index contributed by atoms with van der Waals surface area (Å²) in [5.74, 6) is 0.0369. The molecule has 82 valence electrons. The Morgan fingerprint density at radius 3 is 3.00 bits per heavy atom. The fourth-order valence-corrected chi connectivity index (χ4v) is 2.25. The highest BCUT2D eigenvalue weighted by molar-refractivity contribution is 7.20. The van der Waals surface area contributed by atoms with Crippen LogP contribution in [0.2, 0.25) is 0 Å². The number of fused-ring (bicyclic) bond motifs is 1. The number of allylic oxidation sites excluding steroid dienone is 1. The standard InChI is InChI=1S/C12H12N2OS/c1-14(2)6-4-10(15)12-7-9-8-13-5-3-11(9)16-12/h3-8H,1-2H3. The Kier molecular flexibility index (Phi) is 3.01. The lowest BCUT2D eigenvalue weighted by molar-refractivity contribution is 0.104. The van der Waals surface area contributed by atoms with Gasteiger partial charge in [0.25, 0.3) is 0 Å². The van der Waals surface area contributed by atoms with Gasteiger partial charge in [-0.25, -0.2) is 0 Å². The summed E-state index contributed by atoms with van der Waals surface area (Å²) >= 11 is 1.50. The van der Waals surface area contributed by atoms with Crippen LogP contribution in [0.3, 0.4) is 0 Å². The minimum atomic E-state index is 0.0369. The topological polar surface area (TPSA) is 33.2 Å². The van der Waals surface area contributed by atoms with Crippen LogP contribution in [0.25, 0.3) is 10.1 Å². The maximum Gasteiger partial charge on any atom is 0.197 e. The van der Waals surface area contributed by atoms with Gasteiger partial charge in [-0.15, -0.1) is 11.3 Å². The number of aromatic nitrogens is 1. The molecule has 3 nitrogen and oxygen atoms in total. The number of ketones is 1. The monoisotopic (exact) mass is 232 g/mol.